The highest BCUT2D eigenvalue weighted by Crippen LogP contribution is 2.37. The van der Waals surface area contributed by atoms with E-state index < -0.39 is 0 Å². The first kappa shape index (κ1) is 34.3. The first-order valence-corrected chi connectivity index (χ1v) is 17.5. The van der Waals surface area contributed by atoms with Crippen molar-refractivity contribution in [2.45, 2.75) is 6.92 Å². The molecule has 256 valence electrons. The van der Waals surface area contributed by atoms with Crippen LogP contribution in [0.25, 0.3) is 77.6 Å². The lowest BCUT2D eigenvalue weighted by Crippen LogP contribution is -1.99. The molecular formula is C48H39N5. The molecule has 4 aromatic carbocycles. The zero-order chi connectivity index (χ0) is 36.6. The molecule has 0 aliphatic rings. The topological polar surface area (TPSA) is 48.5 Å². The summed E-state index contributed by atoms with van der Waals surface area (Å²) in [5.41, 5.74) is 8.91. The van der Waals surface area contributed by atoms with Crippen molar-refractivity contribution >= 4 is 43.5 Å². The predicted octanol–water partition coefficient (Wildman–Crippen LogP) is 12.5. The molecule has 0 N–H and O–H groups in total. The van der Waals surface area contributed by atoms with Crippen LogP contribution >= 0.6 is 0 Å². The van der Waals surface area contributed by atoms with E-state index in [2.05, 4.69) is 142 Å². The second kappa shape index (κ2) is 15.8. The Morgan fingerprint density at radius 2 is 1.11 bits per heavy atom. The zero-order valence-electron chi connectivity index (χ0n) is 29.7. The number of rotatable bonds is 6. The highest BCUT2D eigenvalue weighted by Gasteiger charge is 2.17. The van der Waals surface area contributed by atoms with Crippen molar-refractivity contribution in [3.63, 3.8) is 0 Å². The van der Waals surface area contributed by atoms with Gasteiger partial charge in [0.05, 0.1) is 45.0 Å². The molecule has 9 aromatic rings. The predicted molar refractivity (Wildman–Crippen MR) is 225 cm³/mol. The second-order valence-corrected chi connectivity index (χ2v) is 12.3. The van der Waals surface area contributed by atoms with Crippen LogP contribution in [0.5, 0.6) is 0 Å². The molecule has 0 fully saturated rings. The highest BCUT2D eigenvalue weighted by molar-refractivity contribution is 6.15. The SMILES string of the molecule is C=C/C=C\C.C=CC=C.c1ccc(-n2ccc3cc4cc5c(cc4cc32)c2ccccc2n5-c2cc(-c3ccccn3)nc(-c3ccccn3)c2)cc1. The third kappa shape index (κ3) is 7.09. The van der Waals surface area contributed by atoms with Gasteiger partial charge < -0.3 is 9.13 Å². The third-order valence-electron chi connectivity index (χ3n) is 8.89. The first-order chi connectivity index (χ1) is 26.1. The average molecular weight is 686 g/mol. The molecule has 0 bridgehead atoms. The van der Waals surface area contributed by atoms with Gasteiger partial charge in [0.25, 0.3) is 0 Å². The third-order valence-corrected chi connectivity index (χ3v) is 8.89. The minimum Gasteiger partial charge on any atom is -0.317 e. The fraction of sp³-hybridized carbons (Fsp3) is 0.0208. The van der Waals surface area contributed by atoms with Gasteiger partial charge in [-0.2, -0.15) is 0 Å². The lowest BCUT2D eigenvalue weighted by atomic mass is 10.0. The Kier molecular flexibility index (Phi) is 10.3. The maximum Gasteiger partial charge on any atom is 0.0915 e. The number of nitrogens with zero attached hydrogens (tertiary/aromatic N) is 5. The molecule has 0 atom stereocenters. The molecule has 5 nitrogen and oxygen atoms in total. The van der Waals surface area contributed by atoms with E-state index in [9.17, 15) is 0 Å². The molecule has 0 saturated carbocycles. The number of fused-ring (bicyclic) bond motifs is 5. The van der Waals surface area contributed by atoms with Gasteiger partial charge in [-0.15, -0.1) is 0 Å². The van der Waals surface area contributed by atoms with Gasteiger partial charge in [0.1, 0.15) is 0 Å². The van der Waals surface area contributed by atoms with Crippen LogP contribution in [0.15, 0.2) is 202 Å². The molecule has 0 aliphatic heterocycles. The number of allylic oxidation sites excluding steroid dienone is 5. The molecule has 0 unspecified atom stereocenters. The summed E-state index contributed by atoms with van der Waals surface area (Å²) in [5.74, 6) is 0. The smallest absolute Gasteiger partial charge is 0.0915 e. The Hall–Kier alpha value is -7.11. The summed E-state index contributed by atoms with van der Waals surface area (Å²) >= 11 is 0. The number of pyridine rings is 3. The molecule has 9 rings (SSSR count). The number of hydrogen-bond donors (Lipinski definition) is 0. The largest absolute Gasteiger partial charge is 0.317 e. The molecule has 0 radical (unpaired) electrons. The van der Waals surface area contributed by atoms with E-state index in [0.29, 0.717) is 0 Å². The van der Waals surface area contributed by atoms with Crippen LogP contribution in [0, 0.1) is 0 Å². The summed E-state index contributed by atoms with van der Waals surface area (Å²) in [6, 6.07) is 46.7. The van der Waals surface area contributed by atoms with Crippen LogP contribution in [-0.2, 0) is 0 Å². The van der Waals surface area contributed by atoms with Crippen molar-refractivity contribution < 1.29 is 0 Å². The van der Waals surface area contributed by atoms with Gasteiger partial charge in [0.2, 0.25) is 0 Å². The quantitative estimate of drug-likeness (QED) is 0.164. The normalized spacial score (nSPS) is 10.9. The first-order valence-electron chi connectivity index (χ1n) is 17.5. The number of para-hydroxylation sites is 2. The molecule has 5 aromatic heterocycles. The maximum atomic E-state index is 5.01. The average Bonchev–Trinajstić information content (AvgIpc) is 3.78. The Morgan fingerprint density at radius 3 is 1.72 bits per heavy atom. The van der Waals surface area contributed by atoms with E-state index in [4.69, 9.17) is 4.98 Å². The summed E-state index contributed by atoms with van der Waals surface area (Å²) < 4.78 is 4.61. The second-order valence-electron chi connectivity index (χ2n) is 12.3. The fourth-order valence-electron chi connectivity index (χ4n) is 6.51. The summed E-state index contributed by atoms with van der Waals surface area (Å²) in [4.78, 5) is 14.3. The maximum absolute atomic E-state index is 5.01. The van der Waals surface area contributed by atoms with Gasteiger partial charge in [-0.3, -0.25) is 9.97 Å². The van der Waals surface area contributed by atoms with Crippen LogP contribution in [0.1, 0.15) is 6.92 Å². The molecule has 0 aliphatic carbocycles. The van der Waals surface area contributed by atoms with E-state index in [1.54, 1.807) is 18.2 Å². The van der Waals surface area contributed by atoms with Gasteiger partial charge >= 0.3 is 0 Å². The van der Waals surface area contributed by atoms with Crippen molar-refractivity contribution in [3.05, 3.63) is 202 Å². The molecular weight excluding hydrogens is 647 g/mol. The molecule has 53 heavy (non-hydrogen) atoms. The van der Waals surface area contributed by atoms with Crippen LogP contribution in [-0.4, -0.2) is 24.1 Å². The summed E-state index contributed by atoms with van der Waals surface area (Å²) in [6.45, 7) is 12.1. The van der Waals surface area contributed by atoms with Gasteiger partial charge in [-0.05, 0) is 103 Å². The van der Waals surface area contributed by atoms with Gasteiger partial charge in [0.15, 0.2) is 0 Å². The Labute approximate surface area is 309 Å². The summed E-state index contributed by atoms with van der Waals surface area (Å²) in [6.07, 6.45) is 14.6. The van der Waals surface area contributed by atoms with E-state index >= 15 is 0 Å². The monoisotopic (exact) mass is 685 g/mol. The van der Waals surface area contributed by atoms with Gasteiger partial charge in [-0.25, -0.2) is 4.98 Å². The lowest BCUT2D eigenvalue weighted by molar-refractivity contribution is 1.13. The van der Waals surface area contributed by atoms with Crippen LogP contribution in [0.3, 0.4) is 0 Å². The van der Waals surface area contributed by atoms with Gasteiger partial charge in [0, 0.05) is 40.4 Å². The molecule has 0 spiro atoms. The van der Waals surface area contributed by atoms with Crippen molar-refractivity contribution in [2.24, 2.45) is 0 Å². The number of aromatic nitrogens is 5. The Bertz CT molecular complexity index is 2660. The van der Waals surface area contributed by atoms with E-state index in [-0.39, 0.29) is 0 Å². The number of hydrogen-bond acceptors (Lipinski definition) is 3. The fourth-order valence-corrected chi connectivity index (χ4v) is 6.51. The molecule has 5 heteroatoms. The summed E-state index contributed by atoms with van der Waals surface area (Å²) in [5, 5.41) is 6.03. The lowest BCUT2D eigenvalue weighted by Gasteiger charge is -2.13. The minimum atomic E-state index is 0.805. The van der Waals surface area contributed by atoms with E-state index in [0.717, 1.165) is 45.2 Å². The Morgan fingerprint density at radius 1 is 0.491 bits per heavy atom. The van der Waals surface area contributed by atoms with Crippen LogP contribution in [0.2, 0.25) is 0 Å². The molecule has 0 amide bonds. The van der Waals surface area contributed by atoms with Crippen molar-refractivity contribution in [3.8, 4) is 34.2 Å². The van der Waals surface area contributed by atoms with Crippen molar-refractivity contribution in [2.75, 3.05) is 0 Å². The van der Waals surface area contributed by atoms with E-state index in [1.165, 1.54) is 32.4 Å². The highest BCUT2D eigenvalue weighted by atomic mass is 15.0. The standard InChI is InChI=1S/C39H25N5.C5H8.C4H6/c1-2-10-29(11-3-1)43-19-16-26-20-27-23-39-32(21-28(27)22-38(26)43)31-12-4-5-15-37(31)44(39)30-24-35(33-13-6-8-17-40-33)42-36(25-30)34-14-7-9-18-41-34;1-3-5-4-2;1-3-4-2/h1-25H;3-5H,1H2,2H3;3-4H,1-2H2/b;5-4-;. The van der Waals surface area contributed by atoms with Crippen molar-refractivity contribution in [1.29, 1.82) is 0 Å². The minimum absolute atomic E-state index is 0.805. The summed E-state index contributed by atoms with van der Waals surface area (Å²) in [7, 11) is 0. The van der Waals surface area contributed by atoms with Gasteiger partial charge in [-0.1, -0.05) is 98.6 Å². The number of benzene rings is 4. The molecule has 0 saturated heterocycles. The van der Waals surface area contributed by atoms with Crippen molar-refractivity contribution in [1.82, 2.24) is 24.1 Å². The Balaban J connectivity index is 0.000000437. The molecule has 5 heterocycles. The van der Waals surface area contributed by atoms with Crippen LogP contribution in [0.4, 0.5) is 0 Å². The zero-order valence-corrected chi connectivity index (χ0v) is 29.7. The van der Waals surface area contributed by atoms with Crippen LogP contribution < -0.4 is 0 Å². The van der Waals surface area contributed by atoms with E-state index in [1.807, 2.05) is 67.9 Å².